The van der Waals surface area contributed by atoms with Crippen LogP contribution in [0.4, 0.5) is 0 Å². The molecule has 1 heterocycles. The number of hydrogen-bond donors (Lipinski definition) is 0. The Morgan fingerprint density at radius 2 is 2.05 bits per heavy atom. The van der Waals surface area contributed by atoms with Crippen LogP contribution in [0.5, 0.6) is 0 Å². The number of rotatable bonds is 2. The minimum absolute atomic E-state index is 0.0396. The molecule has 0 unspecified atom stereocenters. The normalized spacial score (nSPS) is 18.4. The fourth-order valence-electron chi connectivity index (χ4n) is 2.50. The molecule has 96 valence electrons. The SMILES string of the molecule is O=c1c(-c2ccccc2)cncn1[C@@H]1C=CCCC1. The lowest BCUT2D eigenvalue weighted by Gasteiger charge is -2.19. The van der Waals surface area contributed by atoms with Gasteiger partial charge in [-0.1, -0.05) is 42.5 Å². The third-order valence-electron chi connectivity index (χ3n) is 3.53. The number of benzene rings is 1. The molecular formula is C16H16N2O. The van der Waals surface area contributed by atoms with Crippen molar-refractivity contribution in [1.82, 2.24) is 9.55 Å². The Morgan fingerprint density at radius 1 is 1.21 bits per heavy atom. The van der Waals surface area contributed by atoms with Gasteiger partial charge in [-0.05, 0) is 24.8 Å². The minimum atomic E-state index is 0.0396. The summed E-state index contributed by atoms with van der Waals surface area (Å²) < 4.78 is 1.75. The van der Waals surface area contributed by atoms with Crippen molar-refractivity contribution in [2.24, 2.45) is 0 Å². The van der Waals surface area contributed by atoms with Crippen LogP contribution in [0.2, 0.25) is 0 Å². The van der Waals surface area contributed by atoms with Gasteiger partial charge in [0.15, 0.2) is 0 Å². The first-order valence-corrected chi connectivity index (χ1v) is 6.64. The second-order valence-corrected chi connectivity index (χ2v) is 4.81. The van der Waals surface area contributed by atoms with Gasteiger partial charge in [-0.15, -0.1) is 0 Å². The van der Waals surface area contributed by atoms with Crippen LogP contribution in [0.25, 0.3) is 11.1 Å². The minimum Gasteiger partial charge on any atom is -0.292 e. The molecule has 1 aromatic carbocycles. The molecular weight excluding hydrogens is 236 g/mol. The molecule has 0 spiro atoms. The van der Waals surface area contributed by atoms with Gasteiger partial charge in [-0.3, -0.25) is 9.36 Å². The zero-order valence-corrected chi connectivity index (χ0v) is 10.7. The fourth-order valence-corrected chi connectivity index (χ4v) is 2.50. The maximum atomic E-state index is 12.6. The van der Waals surface area contributed by atoms with E-state index in [1.807, 2.05) is 30.3 Å². The first-order valence-electron chi connectivity index (χ1n) is 6.64. The zero-order chi connectivity index (χ0) is 13.1. The van der Waals surface area contributed by atoms with Crippen LogP contribution in [-0.4, -0.2) is 9.55 Å². The third-order valence-corrected chi connectivity index (χ3v) is 3.53. The maximum Gasteiger partial charge on any atom is 0.261 e. The standard InChI is InChI=1S/C16H16N2O/c19-16-15(13-7-3-1-4-8-13)11-17-12-18(16)14-9-5-2-6-10-14/h1,3-5,7-9,11-12,14H,2,6,10H2/t14-/m1/s1. The summed E-state index contributed by atoms with van der Waals surface area (Å²) in [7, 11) is 0. The summed E-state index contributed by atoms with van der Waals surface area (Å²) in [5, 5.41) is 0. The second kappa shape index (κ2) is 5.22. The molecule has 1 aliphatic rings. The van der Waals surface area contributed by atoms with Crippen molar-refractivity contribution >= 4 is 0 Å². The Labute approximate surface area is 112 Å². The van der Waals surface area contributed by atoms with Crippen molar-refractivity contribution in [3.8, 4) is 11.1 Å². The van der Waals surface area contributed by atoms with E-state index in [0.29, 0.717) is 5.56 Å². The van der Waals surface area contributed by atoms with E-state index in [1.54, 1.807) is 17.1 Å². The summed E-state index contributed by atoms with van der Waals surface area (Å²) in [5.74, 6) is 0. The van der Waals surface area contributed by atoms with Gasteiger partial charge in [0.1, 0.15) is 0 Å². The van der Waals surface area contributed by atoms with E-state index in [4.69, 9.17) is 0 Å². The van der Waals surface area contributed by atoms with Crippen molar-refractivity contribution < 1.29 is 0 Å². The lowest BCUT2D eigenvalue weighted by Crippen LogP contribution is -2.26. The van der Waals surface area contributed by atoms with E-state index in [2.05, 4.69) is 17.1 Å². The second-order valence-electron chi connectivity index (χ2n) is 4.81. The highest BCUT2D eigenvalue weighted by Gasteiger charge is 2.14. The van der Waals surface area contributed by atoms with Gasteiger partial charge in [-0.2, -0.15) is 0 Å². The smallest absolute Gasteiger partial charge is 0.261 e. The average Bonchev–Trinajstić information content (AvgIpc) is 2.49. The molecule has 1 aliphatic carbocycles. The maximum absolute atomic E-state index is 12.6. The lowest BCUT2D eigenvalue weighted by molar-refractivity contribution is 0.499. The number of aromatic nitrogens is 2. The molecule has 1 atom stereocenters. The van der Waals surface area contributed by atoms with E-state index in [-0.39, 0.29) is 11.6 Å². The summed E-state index contributed by atoms with van der Waals surface area (Å²) >= 11 is 0. The van der Waals surface area contributed by atoms with Gasteiger partial charge in [0.2, 0.25) is 0 Å². The van der Waals surface area contributed by atoms with Crippen molar-refractivity contribution in [1.29, 1.82) is 0 Å². The molecule has 1 aromatic heterocycles. The summed E-state index contributed by atoms with van der Waals surface area (Å²) in [5.41, 5.74) is 1.63. The molecule has 3 heteroatoms. The summed E-state index contributed by atoms with van der Waals surface area (Å²) in [6.45, 7) is 0. The largest absolute Gasteiger partial charge is 0.292 e. The topological polar surface area (TPSA) is 34.9 Å². The molecule has 0 N–H and O–H groups in total. The first kappa shape index (κ1) is 11.9. The van der Waals surface area contributed by atoms with Crippen LogP contribution in [-0.2, 0) is 0 Å². The van der Waals surface area contributed by atoms with Gasteiger partial charge in [0.05, 0.1) is 17.9 Å². The van der Waals surface area contributed by atoms with Crippen LogP contribution >= 0.6 is 0 Å². The van der Waals surface area contributed by atoms with Crippen LogP contribution in [0.3, 0.4) is 0 Å². The van der Waals surface area contributed by atoms with E-state index in [1.165, 1.54) is 0 Å². The molecule has 2 aromatic rings. The van der Waals surface area contributed by atoms with Gasteiger partial charge in [0.25, 0.3) is 5.56 Å². The molecule has 0 saturated heterocycles. The molecule has 0 aliphatic heterocycles. The van der Waals surface area contributed by atoms with Gasteiger partial charge in [-0.25, -0.2) is 4.98 Å². The molecule has 0 fully saturated rings. The average molecular weight is 252 g/mol. The third kappa shape index (κ3) is 2.36. The van der Waals surface area contributed by atoms with Gasteiger partial charge in [0, 0.05) is 6.20 Å². The van der Waals surface area contributed by atoms with Crippen LogP contribution < -0.4 is 5.56 Å². The van der Waals surface area contributed by atoms with E-state index < -0.39 is 0 Å². The number of allylic oxidation sites excluding steroid dienone is 2. The monoisotopic (exact) mass is 252 g/mol. The van der Waals surface area contributed by atoms with Crippen molar-refractivity contribution in [3.05, 3.63) is 65.4 Å². The Morgan fingerprint density at radius 3 is 2.79 bits per heavy atom. The zero-order valence-electron chi connectivity index (χ0n) is 10.7. The molecule has 0 saturated carbocycles. The van der Waals surface area contributed by atoms with E-state index >= 15 is 0 Å². The predicted octanol–water partition coefficient (Wildman–Crippen LogP) is 3.19. The highest BCUT2D eigenvalue weighted by atomic mass is 16.1. The van der Waals surface area contributed by atoms with Crippen molar-refractivity contribution in [2.75, 3.05) is 0 Å². The molecule has 19 heavy (non-hydrogen) atoms. The summed E-state index contributed by atoms with van der Waals surface area (Å²) in [4.78, 5) is 16.8. The van der Waals surface area contributed by atoms with Crippen LogP contribution in [0.1, 0.15) is 25.3 Å². The van der Waals surface area contributed by atoms with Crippen LogP contribution in [0.15, 0.2) is 59.8 Å². The van der Waals surface area contributed by atoms with Crippen molar-refractivity contribution in [3.63, 3.8) is 0 Å². The molecule has 3 rings (SSSR count). The summed E-state index contributed by atoms with van der Waals surface area (Å²) in [6, 6.07) is 9.86. The molecule has 0 radical (unpaired) electrons. The van der Waals surface area contributed by atoms with Crippen LogP contribution in [0, 0.1) is 0 Å². The Balaban J connectivity index is 2.07. The number of hydrogen-bond acceptors (Lipinski definition) is 2. The van der Waals surface area contributed by atoms with E-state index in [0.717, 1.165) is 24.8 Å². The Kier molecular flexibility index (Phi) is 3.27. The predicted molar refractivity (Wildman–Crippen MR) is 76.0 cm³/mol. The van der Waals surface area contributed by atoms with Crippen molar-refractivity contribution in [2.45, 2.75) is 25.3 Å². The molecule has 0 bridgehead atoms. The highest BCUT2D eigenvalue weighted by Crippen LogP contribution is 2.21. The number of nitrogens with zero attached hydrogens (tertiary/aromatic N) is 2. The Bertz CT molecular complexity index is 643. The van der Waals surface area contributed by atoms with Gasteiger partial charge >= 0.3 is 0 Å². The Hall–Kier alpha value is -2.16. The molecule has 3 nitrogen and oxygen atoms in total. The fraction of sp³-hybridized carbons (Fsp3) is 0.250. The first-order chi connectivity index (χ1) is 9.36. The van der Waals surface area contributed by atoms with E-state index in [9.17, 15) is 4.79 Å². The highest BCUT2D eigenvalue weighted by molar-refractivity contribution is 5.60. The summed E-state index contributed by atoms with van der Waals surface area (Å²) in [6.07, 6.45) is 10.8. The lowest BCUT2D eigenvalue weighted by atomic mass is 10.0. The van der Waals surface area contributed by atoms with Gasteiger partial charge < -0.3 is 0 Å². The molecule has 0 amide bonds. The quantitative estimate of drug-likeness (QED) is 0.769.